The van der Waals surface area contributed by atoms with E-state index in [9.17, 15) is 0 Å². The molecule has 0 aromatic carbocycles. The maximum atomic E-state index is 2.81. The summed E-state index contributed by atoms with van der Waals surface area (Å²) in [4.78, 5) is 5.61. The van der Waals surface area contributed by atoms with E-state index in [2.05, 4.69) is 9.97 Å². The van der Waals surface area contributed by atoms with Crippen LogP contribution in [0.1, 0.15) is 0 Å². The van der Waals surface area contributed by atoms with E-state index in [4.69, 9.17) is 0 Å². The molecule has 0 spiro atoms. The lowest BCUT2D eigenvalue weighted by molar-refractivity contribution is -0.375. The first-order chi connectivity index (χ1) is 2.50. The van der Waals surface area contributed by atoms with Gasteiger partial charge in [-0.05, 0) is 0 Å². The van der Waals surface area contributed by atoms with Crippen molar-refractivity contribution in [2.24, 2.45) is 0 Å². The SMILES string of the molecule is [Cl-].[Cl-].[NH4+].c1c[nH+]c[nH]1. The fraction of sp³-hybridized carbons (Fsp3) is 0. The molecule has 1 rings (SSSR count). The summed E-state index contributed by atoms with van der Waals surface area (Å²) < 4.78 is 0. The van der Waals surface area contributed by atoms with Gasteiger partial charge in [0, 0.05) is 0 Å². The standard InChI is InChI=1S/C3H4N2.2ClH.H3N/c1-2-5-3-4-1;;;/h1-3H,(H,4,5);2*1H;1H3. The monoisotopic (exact) mass is 157 g/mol. The van der Waals surface area contributed by atoms with Crippen molar-refractivity contribution in [1.82, 2.24) is 11.1 Å². The normalized spacial score (nSPS) is 5.00. The lowest BCUT2D eigenvalue weighted by Gasteiger charge is -1.37. The van der Waals surface area contributed by atoms with Gasteiger partial charge in [-0.1, -0.05) is 0 Å². The molecule has 1 aromatic heterocycles. The molecule has 3 nitrogen and oxygen atoms in total. The van der Waals surface area contributed by atoms with Crippen molar-refractivity contribution < 1.29 is 29.8 Å². The lowest BCUT2D eigenvalue weighted by atomic mass is 11.0. The molecule has 0 unspecified atom stereocenters. The third kappa shape index (κ3) is 5.75. The molecule has 8 heavy (non-hydrogen) atoms. The average Bonchev–Trinajstić information content (AvgIpc) is 1.76. The number of aromatic nitrogens is 2. The van der Waals surface area contributed by atoms with Crippen molar-refractivity contribution >= 4 is 0 Å². The molecule has 0 bridgehead atoms. The summed E-state index contributed by atoms with van der Waals surface area (Å²) in [6.07, 6.45) is 5.39. The van der Waals surface area contributed by atoms with Gasteiger partial charge in [0.2, 0.25) is 6.33 Å². The van der Waals surface area contributed by atoms with Crippen LogP contribution in [0, 0.1) is 0 Å². The molecule has 0 atom stereocenters. The summed E-state index contributed by atoms with van der Waals surface area (Å²) in [7, 11) is 0. The fourth-order valence-electron chi connectivity index (χ4n) is 0.241. The van der Waals surface area contributed by atoms with Crippen molar-refractivity contribution in [3.8, 4) is 0 Å². The molecule has 0 radical (unpaired) electrons. The molecule has 0 aliphatic heterocycles. The first-order valence-electron chi connectivity index (χ1n) is 1.49. The lowest BCUT2D eigenvalue weighted by Crippen LogP contribution is -3.00. The molecule has 0 fully saturated rings. The van der Waals surface area contributed by atoms with Crippen LogP contribution in [0.5, 0.6) is 0 Å². The smallest absolute Gasteiger partial charge is 0.239 e. The summed E-state index contributed by atoms with van der Waals surface area (Å²) in [5.41, 5.74) is 0. The van der Waals surface area contributed by atoms with Crippen molar-refractivity contribution in [3.63, 3.8) is 0 Å². The number of hydrogen-bond acceptors (Lipinski definition) is 0. The Morgan fingerprint density at radius 1 is 1.25 bits per heavy atom. The molecular weight excluding hydrogens is 149 g/mol. The maximum absolute atomic E-state index is 2.81. The molecule has 0 saturated heterocycles. The largest absolute Gasteiger partial charge is 1.00 e. The predicted molar refractivity (Wildman–Crippen MR) is 23.3 cm³/mol. The number of rotatable bonds is 0. The Morgan fingerprint density at radius 2 is 1.88 bits per heavy atom. The maximum Gasteiger partial charge on any atom is 0.239 e. The van der Waals surface area contributed by atoms with Gasteiger partial charge in [0.05, 0.1) is 0 Å². The molecule has 6 N–H and O–H groups in total. The molecule has 0 amide bonds. The van der Waals surface area contributed by atoms with Gasteiger partial charge >= 0.3 is 0 Å². The van der Waals surface area contributed by atoms with Crippen LogP contribution in [0.15, 0.2) is 18.7 Å². The second-order valence-corrected chi connectivity index (χ2v) is 0.811. The predicted octanol–water partition coefficient (Wildman–Crippen LogP) is -5.79. The van der Waals surface area contributed by atoms with Gasteiger partial charge in [-0.15, -0.1) is 0 Å². The molecule has 0 saturated carbocycles. The van der Waals surface area contributed by atoms with Crippen molar-refractivity contribution in [3.05, 3.63) is 18.7 Å². The number of nitrogens with one attached hydrogen (secondary N) is 2. The number of H-pyrrole nitrogens is 2. The summed E-state index contributed by atoms with van der Waals surface area (Å²) in [5, 5.41) is 0. The van der Waals surface area contributed by atoms with Crippen LogP contribution in [0.3, 0.4) is 0 Å². The van der Waals surface area contributed by atoms with Gasteiger partial charge in [0.25, 0.3) is 0 Å². The van der Waals surface area contributed by atoms with E-state index >= 15 is 0 Å². The van der Waals surface area contributed by atoms with Crippen LogP contribution >= 0.6 is 0 Å². The molecule has 0 aliphatic carbocycles. The van der Waals surface area contributed by atoms with E-state index in [0.29, 0.717) is 0 Å². The Hall–Kier alpha value is -0.250. The first-order valence-corrected chi connectivity index (χ1v) is 1.49. The van der Waals surface area contributed by atoms with Gasteiger partial charge in [0.15, 0.2) is 0 Å². The van der Waals surface area contributed by atoms with Gasteiger partial charge in [0.1, 0.15) is 12.4 Å². The topological polar surface area (TPSA) is 66.4 Å². The van der Waals surface area contributed by atoms with Crippen molar-refractivity contribution in [2.45, 2.75) is 0 Å². The second kappa shape index (κ2) is 9.89. The number of hydrogen-bond donors (Lipinski definition) is 2. The highest BCUT2D eigenvalue weighted by molar-refractivity contribution is 4.52. The van der Waals surface area contributed by atoms with Crippen LogP contribution < -0.4 is 35.9 Å². The number of halogens is 2. The van der Waals surface area contributed by atoms with E-state index in [-0.39, 0.29) is 31.0 Å². The zero-order valence-electron chi connectivity index (χ0n) is 4.49. The zero-order chi connectivity index (χ0) is 3.54. The fourth-order valence-corrected chi connectivity index (χ4v) is 0.241. The van der Waals surface area contributed by atoms with E-state index in [1.165, 1.54) is 0 Å². The Bertz CT molecular complexity index is 69.0. The first kappa shape index (κ1) is 15.7. The third-order valence-corrected chi connectivity index (χ3v) is 0.442. The minimum absolute atomic E-state index is 0. The highest BCUT2D eigenvalue weighted by atomic mass is 35.5. The summed E-state index contributed by atoms with van der Waals surface area (Å²) >= 11 is 0. The molecule has 0 aliphatic rings. The van der Waals surface area contributed by atoms with E-state index in [0.717, 1.165) is 0 Å². The number of aromatic amines is 2. The third-order valence-electron chi connectivity index (χ3n) is 0.442. The quantitative estimate of drug-likeness (QED) is 0.378. The molecular formula is C3H9Cl2N3. The van der Waals surface area contributed by atoms with Gasteiger partial charge in [-0.25, -0.2) is 0 Å². The number of quaternary nitrogens is 1. The molecule has 5 heteroatoms. The summed E-state index contributed by atoms with van der Waals surface area (Å²) in [5.74, 6) is 0. The molecule has 1 heterocycles. The highest BCUT2D eigenvalue weighted by Gasteiger charge is 1.65. The van der Waals surface area contributed by atoms with Crippen LogP contribution in [0.25, 0.3) is 0 Å². The Morgan fingerprint density at radius 3 is 2.00 bits per heavy atom. The average molecular weight is 158 g/mol. The van der Waals surface area contributed by atoms with Crippen LogP contribution in [0.2, 0.25) is 0 Å². The summed E-state index contributed by atoms with van der Waals surface area (Å²) in [6.45, 7) is 0. The van der Waals surface area contributed by atoms with Crippen molar-refractivity contribution in [2.75, 3.05) is 0 Å². The minimum Gasteiger partial charge on any atom is -1.00 e. The van der Waals surface area contributed by atoms with Gasteiger partial charge in [-0.3, -0.25) is 9.97 Å². The van der Waals surface area contributed by atoms with Crippen LogP contribution in [-0.4, -0.2) is 4.98 Å². The second-order valence-electron chi connectivity index (χ2n) is 0.811. The van der Waals surface area contributed by atoms with E-state index < -0.39 is 0 Å². The molecule has 1 aromatic rings. The Balaban J connectivity index is -0.0000000833. The zero-order valence-corrected chi connectivity index (χ0v) is 6.00. The Labute approximate surface area is 60.3 Å². The van der Waals surface area contributed by atoms with Crippen LogP contribution in [-0.2, 0) is 0 Å². The van der Waals surface area contributed by atoms with E-state index in [1.54, 1.807) is 6.33 Å². The summed E-state index contributed by atoms with van der Waals surface area (Å²) in [6, 6.07) is 0. The minimum atomic E-state index is 0. The van der Waals surface area contributed by atoms with Crippen molar-refractivity contribution in [1.29, 1.82) is 0 Å². The van der Waals surface area contributed by atoms with Gasteiger partial charge < -0.3 is 31.0 Å². The number of imidazole rings is 1. The van der Waals surface area contributed by atoms with Gasteiger partial charge in [-0.2, -0.15) is 0 Å². The Kier molecular flexibility index (Phi) is 19.4. The highest BCUT2D eigenvalue weighted by Crippen LogP contribution is 1.53. The molecule has 50 valence electrons. The van der Waals surface area contributed by atoms with E-state index in [1.807, 2.05) is 12.4 Å². The van der Waals surface area contributed by atoms with Crippen LogP contribution in [0.4, 0.5) is 0 Å².